The van der Waals surface area contributed by atoms with Gasteiger partial charge in [-0.1, -0.05) is 5.16 Å². The van der Waals surface area contributed by atoms with Gasteiger partial charge in [-0.2, -0.15) is 4.98 Å². The maximum atomic E-state index is 14.7. The zero-order chi connectivity index (χ0) is 20.3. The fourth-order valence-corrected chi connectivity index (χ4v) is 4.56. The Balaban J connectivity index is 1.43. The second-order valence-corrected chi connectivity index (χ2v) is 8.44. The molecule has 2 saturated heterocycles. The third-order valence-electron chi connectivity index (χ3n) is 6.33. The van der Waals surface area contributed by atoms with Crippen LogP contribution in [0, 0.1) is 12.7 Å². The van der Waals surface area contributed by atoms with Gasteiger partial charge in [0.2, 0.25) is 0 Å². The molecule has 0 bridgehead atoms. The summed E-state index contributed by atoms with van der Waals surface area (Å²) in [4.78, 5) is 11.5. The number of hydrogen-bond acceptors (Lipinski definition) is 7. The number of rotatable bonds is 3. The predicted octanol–water partition coefficient (Wildman–Crippen LogP) is 3.95. The van der Waals surface area contributed by atoms with Gasteiger partial charge in [0.1, 0.15) is 11.6 Å². The van der Waals surface area contributed by atoms with Crippen LogP contribution in [-0.2, 0) is 9.47 Å². The molecular weight excluding hydrogens is 387 g/mol. The molecule has 3 fully saturated rings. The molecular formula is C22H23FN4O3. The second kappa shape index (κ2) is 6.72. The minimum Gasteiger partial charge on any atom is -0.356 e. The van der Waals surface area contributed by atoms with Gasteiger partial charge in [0.05, 0.1) is 24.3 Å². The number of halogens is 1. The highest BCUT2D eigenvalue weighted by molar-refractivity contribution is 5.88. The molecule has 1 saturated carbocycles. The third-order valence-corrected chi connectivity index (χ3v) is 6.33. The van der Waals surface area contributed by atoms with Crippen molar-refractivity contribution < 1.29 is 18.4 Å². The molecule has 6 rings (SSSR count). The molecule has 3 aromatic rings. The van der Waals surface area contributed by atoms with Crippen molar-refractivity contribution in [1.82, 2.24) is 15.1 Å². The molecule has 1 aromatic carbocycles. The van der Waals surface area contributed by atoms with Crippen LogP contribution in [0.3, 0.4) is 0 Å². The quantitative estimate of drug-likeness (QED) is 0.647. The Morgan fingerprint density at radius 2 is 1.83 bits per heavy atom. The van der Waals surface area contributed by atoms with Crippen molar-refractivity contribution >= 4 is 16.7 Å². The number of aromatic nitrogens is 3. The first-order chi connectivity index (χ1) is 14.6. The number of benzene rings is 1. The minimum absolute atomic E-state index is 0.171. The number of aryl methyl sites for hydroxylation is 1. The minimum atomic E-state index is -0.472. The fourth-order valence-electron chi connectivity index (χ4n) is 4.56. The van der Waals surface area contributed by atoms with Crippen molar-refractivity contribution in [2.24, 2.45) is 0 Å². The summed E-state index contributed by atoms with van der Waals surface area (Å²) >= 11 is 0. The molecule has 0 atom stereocenters. The molecule has 4 heterocycles. The van der Waals surface area contributed by atoms with E-state index in [-0.39, 0.29) is 5.82 Å². The van der Waals surface area contributed by atoms with Gasteiger partial charge in [0.15, 0.2) is 11.6 Å². The first-order valence-electron chi connectivity index (χ1n) is 10.6. The molecule has 0 amide bonds. The van der Waals surface area contributed by atoms with Gasteiger partial charge in [-0.25, -0.2) is 9.37 Å². The van der Waals surface area contributed by atoms with Crippen LogP contribution in [0.4, 0.5) is 10.2 Å². The van der Waals surface area contributed by atoms with E-state index in [1.165, 1.54) is 0 Å². The molecule has 7 nitrogen and oxygen atoms in total. The van der Waals surface area contributed by atoms with Crippen LogP contribution in [-0.4, -0.2) is 47.2 Å². The topological polar surface area (TPSA) is 73.5 Å². The highest BCUT2D eigenvalue weighted by atomic mass is 19.1. The number of anilines is 1. The van der Waals surface area contributed by atoms with Gasteiger partial charge in [-0.15, -0.1) is 0 Å². The van der Waals surface area contributed by atoms with Crippen LogP contribution in [0.2, 0.25) is 0 Å². The van der Waals surface area contributed by atoms with E-state index in [2.05, 4.69) is 15.0 Å². The Kier molecular flexibility index (Phi) is 4.08. The maximum absolute atomic E-state index is 14.7. The number of fused-ring (bicyclic) bond motifs is 1. The summed E-state index contributed by atoms with van der Waals surface area (Å²) in [6.45, 7) is 4.52. The SMILES string of the molecule is Cc1noc(-c2cc3cc(C4CC4)c(F)cc3nc2N2CCC3(CC2)OCCO3)n1. The molecule has 1 spiro atoms. The van der Waals surface area contributed by atoms with Gasteiger partial charge in [0, 0.05) is 37.4 Å². The predicted molar refractivity (Wildman–Crippen MR) is 108 cm³/mol. The molecule has 8 heteroatoms. The van der Waals surface area contributed by atoms with Crippen molar-refractivity contribution in [2.45, 2.75) is 44.3 Å². The average molecular weight is 410 g/mol. The van der Waals surface area contributed by atoms with E-state index in [0.29, 0.717) is 36.4 Å². The zero-order valence-electron chi connectivity index (χ0n) is 16.9. The number of pyridine rings is 1. The van der Waals surface area contributed by atoms with Crippen LogP contribution in [0.25, 0.3) is 22.4 Å². The summed E-state index contributed by atoms with van der Waals surface area (Å²) in [5.41, 5.74) is 2.20. The molecule has 30 heavy (non-hydrogen) atoms. The third kappa shape index (κ3) is 3.06. The van der Waals surface area contributed by atoms with Gasteiger partial charge in [0.25, 0.3) is 5.89 Å². The lowest BCUT2D eigenvalue weighted by molar-refractivity contribution is -0.169. The standard InChI is InChI=1S/C22H23FN4O3/c1-13-24-21(30-26-13)17-11-15-10-16(14-2-3-14)18(23)12-19(15)25-20(17)27-6-4-22(5-7-27)28-8-9-29-22/h10-12,14H,2-9H2,1H3. The number of piperidine rings is 1. The summed E-state index contributed by atoms with van der Waals surface area (Å²) in [5.74, 6) is 1.42. The van der Waals surface area contributed by atoms with Gasteiger partial charge in [-0.05, 0) is 43.4 Å². The summed E-state index contributed by atoms with van der Waals surface area (Å²) in [6, 6.07) is 5.49. The normalized spacial score (nSPS) is 21.1. The van der Waals surface area contributed by atoms with Crippen LogP contribution < -0.4 is 4.90 Å². The van der Waals surface area contributed by atoms with Crippen LogP contribution in [0.1, 0.15) is 43.0 Å². The summed E-state index contributed by atoms with van der Waals surface area (Å²) in [6.07, 6.45) is 3.60. The molecule has 0 unspecified atom stereocenters. The Morgan fingerprint density at radius 3 is 2.50 bits per heavy atom. The van der Waals surface area contributed by atoms with E-state index < -0.39 is 5.79 Å². The molecule has 2 aliphatic heterocycles. The summed E-state index contributed by atoms with van der Waals surface area (Å²) < 4.78 is 31.9. The molecule has 1 aliphatic carbocycles. The first-order valence-corrected chi connectivity index (χ1v) is 10.6. The van der Waals surface area contributed by atoms with Crippen LogP contribution >= 0.6 is 0 Å². The van der Waals surface area contributed by atoms with E-state index >= 15 is 0 Å². The van der Waals surface area contributed by atoms with E-state index in [4.69, 9.17) is 19.0 Å². The van der Waals surface area contributed by atoms with Crippen molar-refractivity contribution in [3.05, 3.63) is 35.4 Å². The second-order valence-electron chi connectivity index (χ2n) is 8.44. The molecule has 0 radical (unpaired) electrons. The summed E-state index contributed by atoms with van der Waals surface area (Å²) in [5, 5.41) is 4.85. The summed E-state index contributed by atoms with van der Waals surface area (Å²) in [7, 11) is 0. The van der Waals surface area contributed by atoms with Crippen molar-refractivity contribution in [3.8, 4) is 11.5 Å². The van der Waals surface area contributed by atoms with Crippen molar-refractivity contribution in [3.63, 3.8) is 0 Å². The lowest BCUT2D eigenvalue weighted by Crippen LogP contribution is -2.45. The Morgan fingerprint density at radius 1 is 1.07 bits per heavy atom. The highest BCUT2D eigenvalue weighted by Gasteiger charge is 2.40. The van der Waals surface area contributed by atoms with Crippen molar-refractivity contribution in [1.29, 1.82) is 0 Å². The molecule has 3 aliphatic rings. The fraction of sp³-hybridized carbons (Fsp3) is 0.500. The molecule has 156 valence electrons. The van der Waals surface area contributed by atoms with Gasteiger partial charge >= 0.3 is 0 Å². The average Bonchev–Trinajstić information content (AvgIpc) is 3.35. The lowest BCUT2D eigenvalue weighted by atomic mass is 10.0. The number of hydrogen-bond donors (Lipinski definition) is 0. The largest absolute Gasteiger partial charge is 0.356 e. The number of ether oxygens (including phenoxy) is 2. The van der Waals surface area contributed by atoms with E-state index in [9.17, 15) is 4.39 Å². The maximum Gasteiger partial charge on any atom is 0.261 e. The van der Waals surface area contributed by atoms with Crippen LogP contribution in [0.5, 0.6) is 0 Å². The Bertz CT molecular complexity index is 1110. The smallest absolute Gasteiger partial charge is 0.261 e. The highest BCUT2D eigenvalue weighted by Crippen LogP contribution is 2.43. The monoisotopic (exact) mass is 410 g/mol. The van der Waals surface area contributed by atoms with E-state index in [1.54, 1.807) is 13.0 Å². The van der Waals surface area contributed by atoms with E-state index in [0.717, 1.165) is 61.1 Å². The van der Waals surface area contributed by atoms with Crippen LogP contribution in [0.15, 0.2) is 22.7 Å². The molecule has 0 N–H and O–H groups in total. The van der Waals surface area contributed by atoms with Crippen molar-refractivity contribution in [2.75, 3.05) is 31.2 Å². The first kappa shape index (κ1) is 18.2. The Hall–Kier alpha value is -2.58. The van der Waals surface area contributed by atoms with Gasteiger partial charge in [-0.3, -0.25) is 0 Å². The number of nitrogens with zero attached hydrogens (tertiary/aromatic N) is 4. The van der Waals surface area contributed by atoms with Gasteiger partial charge < -0.3 is 18.9 Å². The molecule has 2 aromatic heterocycles. The Labute approximate surface area is 173 Å². The van der Waals surface area contributed by atoms with E-state index in [1.807, 2.05) is 12.1 Å². The lowest BCUT2D eigenvalue weighted by Gasteiger charge is -2.38. The zero-order valence-corrected chi connectivity index (χ0v) is 16.9.